The number of aromatic nitrogens is 3. The van der Waals surface area contributed by atoms with Crippen LogP contribution in [0.5, 0.6) is 0 Å². The summed E-state index contributed by atoms with van der Waals surface area (Å²) in [6.07, 6.45) is 3.70. The van der Waals surface area contributed by atoms with Crippen molar-refractivity contribution >= 4 is 22.4 Å². The first-order valence-electron chi connectivity index (χ1n) is 7.96. The summed E-state index contributed by atoms with van der Waals surface area (Å²) in [7, 11) is 0. The van der Waals surface area contributed by atoms with Crippen LogP contribution in [0.3, 0.4) is 0 Å². The lowest BCUT2D eigenvalue weighted by molar-refractivity contribution is 0.787. The molecule has 2 aromatic carbocycles. The SMILES string of the molecule is CCn1cnc2cc(C(N)c3cccc(-c4nccs4)c3)ccc21. The first-order chi connectivity index (χ1) is 11.8. The molecule has 2 aromatic heterocycles. The van der Waals surface area contributed by atoms with Crippen LogP contribution >= 0.6 is 11.3 Å². The minimum atomic E-state index is -0.180. The Morgan fingerprint density at radius 2 is 2.00 bits per heavy atom. The van der Waals surface area contributed by atoms with Gasteiger partial charge in [-0.2, -0.15) is 0 Å². The average molecular weight is 334 g/mol. The van der Waals surface area contributed by atoms with Crippen molar-refractivity contribution in [2.45, 2.75) is 19.5 Å². The monoisotopic (exact) mass is 334 g/mol. The summed E-state index contributed by atoms with van der Waals surface area (Å²) < 4.78 is 2.13. The molecule has 0 aliphatic heterocycles. The molecule has 0 amide bonds. The van der Waals surface area contributed by atoms with Crippen molar-refractivity contribution in [3.05, 3.63) is 71.5 Å². The van der Waals surface area contributed by atoms with Crippen molar-refractivity contribution in [1.82, 2.24) is 14.5 Å². The molecule has 0 aliphatic carbocycles. The second kappa shape index (κ2) is 6.19. The number of hydrogen-bond acceptors (Lipinski definition) is 4. The smallest absolute Gasteiger partial charge is 0.123 e. The van der Waals surface area contributed by atoms with Gasteiger partial charge in [0.15, 0.2) is 0 Å². The third-order valence-electron chi connectivity index (χ3n) is 4.27. The molecule has 24 heavy (non-hydrogen) atoms. The number of nitrogens with two attached hydrogens (primary N) is 1. The van der Waals surface area contributed by atoms with E-state index >= 15 is 0 Å². The van der Waals surface area contributed by atoms with Gasteiger partial charge >= 0.3 is 0 Å². The number of rotatable bonds is 4. The van der Waals surface area contributed by atoms with Gasteiger partial charge in [-0.05, 0) is 36.2 Å². The van der Waals surface area contributed by atoms with Gasteiger partial charge in [0.25, 0.3) is 0 Å². The van der Waals surface area contributed by atoms with E-state index in [1.54, 1.807) is 11.3 Å². The fourth-order valence-corrected chi connectivity index (χ4v) is 3.59. The Balaban J connectivity index is 1.70. The summed E-state index contributed by atoms with van der Waals surface area (Å²) in [5.41, 5.74) is 11.9. The van der Waals surface area contributed by atoms with Gasteiger partial charge in [-0.1, -0.05) is 24.3 Å². The van der Waals surface area contributed by atoms with Crippen molar-refractivity contribution < 1.29 is 0 Å². The summed E-state index contributed by atoms with van der Waals surface area (Å²) in [6.45, 7) is 3.03. The topological polar surface area (TPSA) is 56.7 Å². The summed E-state index contributed by atoms with van der Waals surface area (Å²) >= 11 is 1.63. The minimum Gasteiger partial charge on any atom is -0.331 e. The largest absolute Gasteiger partial charge is 0.331 e. The predicted octanol–water partition coefficient (Wildman–Crippen LogP) is 4.23. The van der Waals surface area contributed by atoms with Gasteiger partial charge < -0.3 is 10.3 Å². The van der Waals surface area contributed by atoms with Crippen molar-refractivity contribution in [2.24, 2.45) is 5.73 Å². The Kier molecular flexibility index (Phi) is 3.88. The third-order valence-corrected chi connectivity index (χ3v) is 5.09. The molecule has 0 spiro atoms. The lowest BCUT2D eigenvalue weighted by Crippen LogP contribution is -2.11. The molecular weight excluding hydrogens is 316 g/mol. The van der Waals surface area contributed by atoms with Crippen LogP contribution in [0.15, 0.2) is 60.4 Å². The van der Waals surface area contributed by atoms with Gasteiger partial charge in [-0.25, -0.2) is 9.97 Å². The van der Waals surface area contributed by atoms with Crippen molar-refractivity contribution in [1.29, 1.82) is 0 Å². The van der Waals surface area contributed by atoms with Crippen LogP contribution in [0, 0.1) is 0 Å². The Morgan fingerprint density at radius 3 is 2.79 bits per heavy atom. The maximum atomic E-state index is 6.52. The normalized spacial score (nSPS) is 12.6. The van der Waals surface area contributed by atoms with Gasteiger partial charge in [0.2, 0.25) is 0 Å². The van der Waals surface area contributed by atoms with Crippen molar-refractivity contribution in [3.63, 3.8) is 0 Å². The number of fused-ring (bicyclic) bond motifs is 1. The lowest BCUT2D eigenvalue weighted by Gasteiger charge is -2.14. The van der Waals surface area contributed by atoms with Crippen LogP contribution in [-0.2, 0) is 6.54 Å². The highest BCUT2D eigenvalue weighted by Gasteiger charge is 2.12. The summed E-state index contributed by atoms with van der Waals surface area (Å²) in [5, 5.41) is 3.00. The zero-order valence-electron chi connectivity index (χ0n) is 13.4. The molecule has 0 bridgehead atoms. The number of nitrogens with zero attached hydrogens (tertiary/aromatic N) is 3. The zero-order valence-corrected chi connectivity index (χ0v) is 14.2. The number of hydrogen-bond donors (Lipinski definition) is 1. The standard InChI is InChI=1S/C19H18N4S/c1-2-23-12-22-16-11-14(6-7-17(16)23)18(20)13-4-3-5-15(10-13)19-21-8-9-24-19/h3-12,18H,2,20H2,1H3. The Hall–Kier alpha value is -2.50. The third kappa shape index (κ3) is 2.62. The average Bonchev–Trinajstić information content (AvgIpc) is 3.30. The van der Waals surface area contributed by atoms with Gasteiger partial charge in [-0.3, -0.25) is 0 Å². The van der Waals surface area contributed by atoms with Crippen LogP contribution < -0.4 is 5.73 Å². The fraction of sp³-hybridized carbons (Fsp3) is 0.158. The second-order valence-electron chi connectivity index (χ2n) is 5.72. The Morgan fingerprint density at radius 1 is 1.12 bits per heavy atom. The van der Waals surface area contributed by atoms with E-state index in [-0.39, 0.29) is 6.04 Å². The molecule has 2 N–H and O–H groups in total. The predicted molar refractivity (Wildman–Crippen MR) is 99.0 cm³/mol. The lowest BCUT2D eigenvalue weighted by atomic mass is 9.97. The molecule has 4 rings (SSSR count). The quantitative estimate of drug-likeness (QED) is 0.608. The summed E-state index contributed by atoms with van der Waals surface area (Å²) in [5.74, 6) is 0. The highest BCUT2D eigenvalue weighted by molar-refractivity contribution is 7.13. The maximum Gasteiger partial charge on any atom is 0.123 e. The van der Waals surface area contributed by atoms with Crippen LogP contribution in [0.2, 0.25) is 0 Å². The number of aryl methyl sites for hydroxylation is 1. The second-order valence-corrected chi connectivity index (χ2v) is 6.61. The zero-order chi connectivity index (χ0) is 16.5. The summed E-state index contributed by atoms with van der Waals surface area (Å²) in [6, 6.07) is 14.4. The fourth-order valence-electron chi connectivity index (χ4n) is 2.95. The van der Waals surface area contributed by atoms with Crippen LogP contribution in [-0.4, -0.2) is 14.5 Å². The molecule has 0 saturated heterocycles. The van der Waals surface area contributed by atoms with Gasteiger partial charge in [0.05, 0.1) is 23.4 Å². The van der Waals surface area contributed by atoms with Gasteiger partial charge in [0, 0.05) is 23.7 Å². The molecule has 1 unspecified atom stereocenters. The van der Waals surface area contributed by atoms with E-state index in [1.807, 2.05) is 24.0 Å². The maximum absolute atomic E-state index is 6.52. The van der Waals surface area contributed by atoms with Crippen molar-refractivity contribution in [3.8, 4) is 10.6 Å². The number of thiazole rings is 1. The van der Waals surface area contributed by atoms with Crippen LogP contribution in [0.1, 0.15) is 24.1 Å². The van der Waals surface area contributed by atoms with E-state index in [4.69, 9.17) is 5.73 Å². The molecule has 5 heteroatoms. The van der Waals surface area contributed by atoms with Gasteiger partial charge in [0.1, 0.15) is 5.01 Å². The van der Waals surface area contributed by atoms with Crippen molar-refractivity contribution in [2.75, 3.05) is 0 Å². The number of benzene rings is 2. The molecule has 2 heterocycles. The first-order valence-corrected chi connectivity index (χ1v) is 8.84. The van der Waals surface area contributed by atoms with E-state index in [2.05, 4.69) is 57.9 Å². The molecule has 4 nitrogen and oxygen atoms in total. The molecule has 0 fully saturated rings. The van der Waals surface area contributed by atoms with Gasteiger partial charge in [-0.15, -0.1) is 11.3 Å². The first kappa shape index (κ1) is 15.1. The number of imidazole rings is 1. The Bertz CT molecular complexity index is 972. The molecule has 0 saturated carbocycles. The van der Waals surface area contributed by atoms with E-state index in [0.717, 1.165) is 39.3 Å². The molecule has 4 aromatic rings. The highest BCUT2D eigenvalue weighted by atomic mass is 32.1. The van der Waals surface area contributed by atoms with E-state index < -0.39 is 0 Å². The molecular formula is C19H18N4S. The van der Waals surface area contributed by atoms with E-state index in [1.165, 1.54) is 0 Å². The van der Waals surface area contributed by atoms with Crippen LogP contribution in [0.4, 0.5) is 0 Å². The molecule has 0 aliphatic rings. The molecule has 1 atom stereocenters. The minimum absolute atomic E-state index is 0.180. The molecule has 0 radical (unpaired) electrons. The molecule has 120 valence electrons. The van der Waals surface area contributed by atoms with Crippen LogP contribution in [0.25, 0.3) is 21.6 Å². The van der Waals surface area contributed by atoms with E-state index in [0.29, 0.717) is 0 Å². The highest BCUT2D eigenvalue weighted by Crippen LogP contribution is 2.28. The summed E-state index contributed by atoms with van der Waals surface area (Å²) in [4.78, 5) is 8.86. The Labute approximate surface area is 144 Å². The van der Waals surface area contributed by atoms with E-state index in [9.17, 15) is 0 Å².